The number of halogens is 4. The summed E-state index contributed by atoms with van der Waals surface area (Å²) >= 11 is 1.26. The van der Waals surface area contributed by atoms with Gasteiger partial charge in [0.15, 0.2) is 23.3 Å². The molecule has 2 aromatic rings. The van der Waals surface area contributed by atoms with Gasteiger partial charge in [0.05, 0.1) is 4.88 Å². The van der Waals surface area contributed by atoms with Gasteiger partial charge in [-0.3, -0.25) is 0 Å². The number of hydrogen-bond acceptors (Lipinski definition) is 1. The molecule has 0 bridgehead atoms. The van der Waals surface area contributed by atoms with E-state index in [1.54, 1.807) is 17.5 Å². The van der Waals surface area contributed by atoms with Crippen LogP contribution in [0.2, 0.25) is 0 Å². The van der Waals surface area contributed by atoms with Gasteiger partial charge in [0, 0.05) is 5.56 Å². The minimum atomic E-state index is -1.46. The quantitative estimate of drug-likeness (QED) is 0.385. The van der Waals surface area contributed by atoms with Crippen molar-refractivity contribution in [3.05, 3.63) is 56.8 Å². The van der Waals surface area contributed by atoms with Crippen LogP contribution in [0.25, 0.3) is 0 Å². The number of rotatable bonds is 0. The van der Waals surface area contributed by atoms with Gasteiger partial charge in [0.25, 0.3) is 0 Å². The molecular formula is C13H6F4S. The summed E-state index contributed by atoms with van der Waals surface area (Å²) in [4.78, 5) is 0.551. The lowest BCUT2D eigenvalue weighted by Gasteiger charge is -2.04. The highest BCUT2D eigenvalue weighted by atomic mass is 32.1. The van der Waals surface area contributed by atoms with E-state index in [9.17, 15) is 17.6 Å². The first-order chi connectivity index (χ1) is 8.52. The van der Waals surface area contributed by atoms with Crippen LogP contribution in [0.4, 0.5) is 17.6 Å². The van der Waals surface area contributed by atoms with Gasteiger partial charge in [-0.2, -0.15) is 0 Å². The third-order valence-electron chi connectivity index (χ3n) is 2.31. The predicted octanol–water partition coefficient (Wildman–Crippen LogP) is 4.01. The first-order valence-electron chi connectivity index (χ1n) is 4.90. The Labute approximate surface area is 105 Å². The molecule has 5 heteroatoms. The molecule has 0 N–H and O–H groups in total. The molecule has 0 saturated carbocycles. The van der Waals surface area contributed by atoms with E-state index in [1.165, 1.54) is 11.3 Å². The Morgan fingerprint density at radius 3 is 2.06 bits per heavy atom. The Kier molecular flexibility index (Phi) is 3.39. The third-order valence-corrected chi connectivity index (χ3v) is 3.10. The van der Waals surface area contributed by atoms with Gasteiger partial charge in [-0.25, -0.2) is 17.6 Å². The van der Waals surface area contributed by atoms with E-state index in [-0.39, 0.29) is 0 Å². The molecule has 0 aliphatic carbocycles. The average molecular weight is 270 g/mol. The summed E-state index contributed by atoms with van der Waals surface area (Å²) in [5.74, 6) is -1.18. The van der Waals surface area contributed by atoms with Crippen molar-refractivity contribution in [1.29, 1.82) is 0 Å². The van der Waals surface area contributed by atoms with Crippen molar-refractivity contribution in [2.24, 2.45) is 0 Å². The first kappa shape index (κ1) is 12.7. The first-order valence-corrected chi connectivity index (χ1v) is 5.78. The molecule has 0 spiro atoms. The standard InChI is InChI=1S/C13H6F4S/c1-7-10(14)12(16)9(13(17)11(7)15)5-4-8-3-2-6-18-8/h2-3,6H,1H3. The van der Waals surface area contributed by atoms with Crippen molar-refractivity contribution >= 4 is 11.3 Å². The van der Waals surface area contributed by atoms with Crippen LogP contribution < -0.4 is 0 Å². The summed E-state index contributed by atoms with van der Waals surface area (Å²) in [5, 5.41) is 1.73. The topological polar surface area (TPSA) is 0 Å². The van der Waals surface area contributed by atoms with Crippen molar-refractivity contribution in [3.63, 3.8) is 0 Å². The van der Waals surface area contributed by atoms with E-state index in [0.717, 1.165) is 6.92 Å². The van der Waals surface area contributed by atoms with Crippen LogP contribution in [0.5, 0.6) is 0 Å². The van der Waals surface area contributed by atoms with Crippen LogP contribution in [-0.2, 0) is 0 Å². The van der Waals surface area contributed by atoms with Gasteiger partial charge in [0.2, 0.25) is 0 Å². The summed E-state index contributed by atoms with van der Waals surface area (Å²) in [6.45, 7) is 0.966. The molecule has 0 aliphatic heterocycles. The average Bonchev–Trinajstić information content (AvgIpc) is 2.87. The SMILES string of the molecule is Cc1c(F)c(F)c(C#Cc2cccs2)c(F)c1F. The van der Waals surface area contributed by atoms with E-state index in [4.69, 9.17) is 0 Å². The van der Waals surface area contributed by atoms with Crippen molar-refractivity contribution in [2.75, 3.05) is 0 Å². The van der Waals surface area contributed by atoms with Crippen molar-refractivity contribution in [2.45, 2.75) is 6.92 Å². The minimum absolute atomic E-state index is 0.551. The second kappa shape index (κ2) is 4.83. The van der Waals surface area contributed by atoms with E-state index in [0.29, 0.717) is 4.88 Å². The van der Waals surface area contributed by atoms with Gasteiger partial charge in [-0.15, -0.1) is 11.3 Å². The zero-order chi connectivity index (χ0) is 13.3. The van der Waals surface area contributed by atoms with Crippen LogP contribution in [0.15, 0.2) is 17.5 Å². The highest BCUT2D eigenvalue weighted by molar-refractivity contribution is 7.10. The smallest absolute Gasteiger partial charge is 0.177 e. The lowest BCUT2D eigenvalue weighted by atomic mass is 10.1. The largest absolute Gasteiger partial charge is 0.203 e. The van der Waals surface area contributed by atoms with Crippen LogP contribution in [0.3, 0.4) is 0 Å². The fraction of sp³-hybridized carbons (Fsp3) is 0.0769. The van der Waals surface area contributed by atoms with E-state index >= 15 is 0 Å². The molecule has 1 heterocycles. The Morgan fingerprint density at radius 1 is 0.944 bits per heavy atom. The maximum Gasteiger partial charge on any atom is 0.177 e. The van der Waals surface area contributed by atoms with E-state index < -0.39 is 34.4 Å². The third kappa shape index (κ3) is 2.12. The molecule has 2 rings (SSSR count). The summed E-state index contributed by atoms with van der Waals surface area (Å²) < 4.78 is 53.4. The molecule has 1 aromatic heterocycles. The zero-order valence-corrected chi connectivity index (χ0v) is 9.97. The Bertz CT molecular complexity index is 619. The van der Waals surface area contributed by atoms with Crippen molar-refractivity contribution < 1.29 is 17.6 Å². The van der Waals surface area contributed by atoms with E-state index in [1.807, 2.05) is 0 Å². The lowest BCUT2D eigenvalue weighted by Crippen LogP contribution is -2.03. The second-order valence-electron chi connectivity index (χ2n) is 3.48. The van der Waals surface area contributed by atoms with Crippen LogP contribution in [0.1, 0.15) is 16.0 Å². The van der Waals surface area contributed by atoms with Crippen molar-refractivity contribution in [3.8, 4) is 11.8 Å². The molecule has 18 heavy (non-hydrogen) atoms. The maximum atomic E-state index is 13.5. The fourth-order valence-corrected chi connectivity index (χ4v) is 1.90. The lowest BCUT2D eigenvalue weighted by molar-refractivity contribution is 0.442. The fourth-order valence-electron chi connectivity index (χ4n) is 1.32. The zero-order valence-electron chi connectivity index (χ0n) is 9.15. The molecule has 0 aliphatic rings. The Morgan fingerprint density at radius 2 is 1.56 bits per heavy atom. The monoisotopic (exact) mass is 270 g/mol. The Balaban J connectivity index is 2.58. The molecule has 0 fully saturated rings. The van der Waals surface area contributed by atoms with Gasteiger partial charge in [0.1, 0.15) is 5.56 Å². The van der Waals surface area contributed by atoms with Crippen LogP contribution >= 0.6 is 11.3 Å². The molecule has 0 atom stereocenters. The molecule has 0 radical (unpaired) electrons. The van der Waals surface area contributed by atoms with Crippen LogP contribution in [-0.4, -0.2) is 0 Å². The molecule has 1 aromatic carbocycles. The van der Waals surface area contributed by atoms with Crippen LogP contribution in [0, 0.1) is 42.0 Å². The van der Waals surface area contributed by atoms with Gasteiger partial charge >= 0.3 is 0 Å². The molecule has 0 saturated heterocycles. The summed E-state index contributed by atoms with van der Waals surface area (Å²) in [6, 6.07) is 3.34. The highest BCUT2D eigenvalue weighted by Gasteiger charge is 2.21. The maximum absolute atomic E-state index is 13.5. The van der Waals surface area contributed by atoms with Gasteiger partial charge in [-0.1, -0.05) is 17.9 Å². The summed E-state index contributed by atoms with van der Waals surface area (Å²) in [6.07, 6.45) is 0. The minimum Gasteiger partial charge on any atom is -0.203 e. The summed E-state index contributed by atoms with van der Waals surface area (Å²) in [5.41, 5.74) is -1.57. The number of benzene rings is 1. The van der Waals surface area contributed by atoms with Gasteiger partial charge < -0.3 is 0 Å². The predicted molar refractivity (Wildman–Crippen MR) is 61.3 cm³/mol. The highest BCUT2D eigenvalue weighted by Crippen LogP contribution is 2.22. The molecular weight excluding hydrogens is 264 g/mol. The summed E-state index contributed by atoms with van der Waals surface area (Å²) in [7, 11) is 0. The number of thiophene rings is 1. The molecule has 0 unspecified atom stereocenters. The number of hydrogen-bond donors (Lipinski definition) is 0. The second-order valence-corrected chi connectivity index (χ2v) is 4.43. The Hall–Kier alpha value is -1.80. The van der Waals surface area contributed by atoms with E-state index in [2.05, 4.69) is 11.8 Å². The normalized spacial score (nSPS) is 10.1. The molecule has 0 amide bonds. The molecule has 92 valence electrons. The molecule has 0 nitrogen and oxygen atoms in total. The van der Waals surface area contributed by atoms with Gasteiger partial charge in [-0.05, 0) is 18.4 Å². The van der Waals surface area contributed by atoms with Crippen molar-refractivity contribution in [1.82, 2.24) is 0 Å².